The van der Waals surface area contributed by atoms with E-state index < -0.39 is 0 Å². The monoisotopic (exact) mass is 499 g/mol. The molecule has 1 N–H and O–H groups in total. The molecule has 7 heteroatoms. The summed E-state index contributed by atoms with van der Waals surface area (Å²) in [4.78, 5) is 8.25. The number of aromatic nitrogens is 2. The Kier molecular flexibility index (Phi) is 9.47. The molecule has 1 atom stereocenters. The van der Waals surface area contributed by atoms with Gasteiger partial charge in [-0.25, -0.2) is 0 Å². The van der Waals surface area contributed by atoms with E-state index in [2.05, 4.69) is 56.8 Å². The molecule has 2 aromatic rings. The van der Waals surface area contributed by atoms with Crippen molar-refractivity contribution in [2.24, 2.45) is 18.0 Å². The molecule has 27 heavy (non-hydrogen) atoms. The molecule has 5 nitrogen and oxygen atoms in total. The van der Waals surface area contributed by atoms with Crippen molar-refractivity contribution in [1.82, 2.24) is 20.0 Å². The molecule has 2 heterocycles. The number of halogens is 1. The van der Waals surface area contributed by atoms with Crippen molar-refractivity contribution < 1.29 is 0 Å². The summed E-state index contributed by atoms with van der Waals surface area (Å²) in [5.74, 6) is 2.95. The smallest absolute Gasteiger partial charge is 0.193 e. The Labute approximate surface area is 184 Å². The number of nitrogens with zero attached hydrogens (tertiary/aromatic N) is 4. The molecule has 0 bridgehead atoms. The zero-order valence-corrected chi connectivity index (χ0v) is 19.3. The van der Waals surface area contributed by atoms with Gasteiger partial charge < -0.3 is 10.2 Å². The minimum atomic E-state index is 0. The van der Waals surface area contributed by atoms with Crippen LogP contribution in [0.15, 0.2) is 52.6 Å². The van der Waals surface area contributed by atoms with Gasteiger partial charge in [-0.3, -0.25) is 9.67 Å². The second-order valence-electron chi connectivity index (χ2n) is 6.82. The summed E-state index contributed by atoms with van der Waals surface area (Å²) in [7, 11) is 3.85. The van der Waals surface area contributed by atoms with Crippen molar-refractivity contribution in [3.63, 3.8) is 0 Å². The fourth-order valence-corrected chi connectivity index (χ4v) is 4.37. The first kappa shape index (κ1) is 22.1. The van der Waals surface area contributed by atoms with Crippen LogP contribution in [0.1, 0.15) is 18.4 Å². The van der Waals surface area contributed by atoms with Gasteiger partial charge in [-0.1, -0.05) is 18.2 Å². The lowest BCUT2D eigenvalue weighted by atomic mass is 10.2. The fraction of sp³-hybridized carbons (Fsp3) is 0.500. The topological polar surface area (TPSA) is 45.5 Å². The molecule has 1 aromatic carbocycles. The van der Waals surface area contributed by atoms with Gasteiger partial charge in [-0.05, 0) is 42.9 Å². The number of hydrogen-bond acceptors (Lipinski definition) is 3. The second-order valence-corrected chi connectivity index (χ2v) is 7.92. The number of guanidine groups is 1. The molecule has 0 amide bonds. The summed E-state index contributed by atoms with van der Waals surface area (Å²) >= 11 is 1.97. The summed E-state index contributed by atoms with van der Waals surface area (Å²) < 4.78 is 1.86. The van der Waals surface area contributed by atoms with Crippen LogP contribution in [0.5, 0.6) is 0 Å². The Morgan fingerprint density at radius 1 is 1.33 bits per heavy atom. The summed E-state index contributed by atoms with van der Waals surface area (Å²) in [6, 6.07) is 10.7. The highest BCUT2D eigenvalue weighted by Gasteiger charge is 2.24. The number of rotatable bonds is 7. The molecule has 0 aliphatic carbocycles. The molecular formula is C20H30IN5S. The fourth-order valence-electron chi connectivity index (χ4n) is 3.32. The van der Waals surface area contributed by atoms with E-state index in [1.54, 1.807) is 0 Å². The summed E-state index contributed by atoms with van der Waals surface area (Å²) in [6.07, 6.45) is 7.42. The maximum Gasteiger partial charge on any atom is 0.193 e. The molecule has 148 valence electrons. The predicted molar refractivity (Wildman–Crippen MR) is 125 cm³/mol. The maximum absolute atomic E-state index is 4.48. The number of nitrogens with one attached hydrogen (secondary N) is 1. The van der Waals surface area contributed by atoms with Gasteiger partial charge in [-0.15, -0.1) is 35.7 Å². The molecule has 1 saturated heterocycles. The van der Waals surface area contributed by atoms with E-state index in [4.69, 9.17) is 0 Å². The third-order valence-corrected chi connectivity index (χ3v) is 5.95. The van der Waals surface area contributed by atoms with Crippen LogP contribution in [0, 0.1) is 5.92 Å². The minimum absolute atomic E-state index is 0. The van der Waals surface area contributed by atoms with Gasteiger partial charge in [0.1, 0.15) is 0 Å². The molecule has 0 spiro atoms. The average molecular weight is 499 g/mol. The highest BCUT2D eigenvalue weighted by atomic mass is 127. The largest absolute Gasteiger partial charge is 0.356 e. The van der Waals surface area contributed by atoms with Crippen LogP contribution < -0.4 is 5.32 Å². The molecule has 1 fully saturated rings. The van der Waals surface area contributed by atoms with E-state index in [-0.39, 0.29) is 24.0 Å². The van der Waals surface area contributed by atoms with E-state index in [0.29, 0.717) is 0 Å². The second kappa shape index (κ2) is 11.6. The molecule has 3 rings (SSSR count). The number of hydrogen-bond donors (Lipinski definition) is 1. The van der Waals surface area contributed by atoms with Crippen LogP contribution in [0.2, 0.25) is 0 Å². The van der Waals surface area contributed by atoms with Crippen LogP contribution in [-0.2, 0) is 13.5 Å². The molecule has 0 saturated carbocycles. The van der Waals surface area contributed by atoms with Gasteiger partial charge in [0.05, 0.1) is 6.20 Å². The molecule has 1 aliphatic heterocycles. The van der Waals surface area contributed by atoms with Crippen molar-refractivity contribution >= 4 is 41.7 Å². The Hall–Kier alpha value is -1.22. The molecule has 1 aromatic heterocycles. The third kappa shape index (κ3) is 7.03. The van der Waals surface area contributed by atoms with Gasteiger partial charge in [0, 0.05) is 50.6 Å². The first-order valence-corrected chi connectivity index (χ1v) is 10.3. The summed E-state index contributed by atoms with van der Waals surface area (Å²) in [6.45, 7) is 3.14. The maximum atomic E-state index is 4.48. The normalized spacial score (nSPS) is 17.0. The quantitative estimate of drug-likeness (QED) is 0.208. The summed E-state index contributed by atoms with van der Waals surface area (Å²) in [5.41, 5.74) is 1.29. The number of benzene rings is 1. The van der Waals surface area contributed by atoms with Crippen molar-refractivity contribution in [3.05, 3.63) is 48.3 Å². The lowest BCUT2D eigenvalue weighted by molar-refractivity contribution is 0.473. The Bertz CT molecular complexity index is 703. The van der Waals surface area contributed by atoms with Crippen LogP contribution in [-0.4, -0.2) is 53.1 Å². The number of likely N-dealkylation sites (tertiary alicyclic amines) is 1. The van der Waals surface area contributed by atoms with E-state index in [0.717, 1.165) is 44.4 Å². The predicted octanol–water partition coefficient (Wildman–Crippen LogP) is 3.66. The van der Waals surface area contributed by atoms with E-state index in [1.807, 2.05) is 36.7 Å². The first-order valence-electron chi connectivity index (χ1n) is 9.35. The SMILES string of the molecule is CN=C(NCCCc1cnn(C)c1)N1CCC(CSc2ccccc2)C1.I. The summed E-state index contributed by atoms with van der Waals surface area (Å²) in [5, 5.41) is 7.74. The van der Waals surface area contributed by atoms with Gasteiger partial charge >= 0.3 is 0 Å². The van der Waals surface area contributed by atoms with Crippen LogP contribution in [0.3, 0.4) is 0 Å². The molecule has 1 unspecified atom stereocenters. The highest BCUT2D eigenvalue weighted by molar-refractivity contribution is 14.0. The van der Waals surface area contributed by atoms with Crippen molar-refractivity contribution in [2.75, 3.05) is 32.4 Å². The number of thioether (sulfide) groups is 1. The van der Waals surface area contributed by atoms with E-state index in [1.165, 1.54) is 22.6 Å². The average Bonchev–Trinajstić information content (AvgIpc) is 3.30. The van der Waals surface area contributed by atoms with Crippen LogP contribution >= 0.6 is 35.7 Å². The Morgan fingerprint density at radius 2 is 2.15 bits per heavy atom. The zero-order valence-electron chi connectivity index (χ0n) is 16.2. The lowest BCUT2D eigenvalue weighted by Gasteiger charge is -2.21. The van der Waals surface area contributed by atoms with Crippen LogP contribution in [0.4, 0.5) is 0 Å². The van der Waals surface area contributed by atoms with Crippen molar-refractivity contribution in [1.29, 1.82) is 0 Å². The molecule has 1 aliphatic rings. The first-order chi connectivity index (χ1) is 12.7. The number of aryl methyl sites for hydroxylation is 2. The van der Waals surface area contributed by atoms with Crippen molar-refractivity contribution in [3.8, 4) is 0 Å². The Morgan fingerprint density at radius 3 is 2.85 bits per heavy atom. The van der Waals surface area contributed by atoms with Gasteiger partial charge in [-0.2, -0.15) is 5.10 Å². The van der Waals surface area contributed by atoms with Gasteiger partial charge in [0.2, 0.25) is 0 Å². The molecular weight excluding hydrogens is 469 g/mol. The molecule has 0 radical (unpaired) electrons. The van der Waals surface area contributed by atoms with Crippen molar-refractivity contribution in [2.45, 2.75) is 24.2 Å². The van der Waals surface area contributed by atoms with Gasteiger partial charge in [0.25, 0.3) is 0 Å². The number of aliphatic imine (C=N–C) groups is 1. The van der Waals surface area contributed by atoms with E-state index >= 15 is 0 Å². The van der Waals surface area contributed by atoms with Gasteiger partial charge in [0.15, 0.2) is 5.96 Å². The minimum Gasteiger partial charge on any atom is -0.356 e. The lowest BCUT2D eigenvalue weighted by Crippen LogP contribution is -2.40. The van der Waals surface area contributed by atoms with Crippen LogP contribution in [0.25, 0.3) is 0 Å². The Balaban J connectivity index is 0.00000261. The standard InChI is InChI=1S/C20H29N5S.HI/c1-21-20(22-11-6-7-17-13-23-24(2)14-17)25-12-10-18(15-25)16-26-19-8-4-3-5-9-19;/h3-5,8-9,13-14,18H,6-7,10-12,15-16H2,1-2H3,(H,21,22);1H. The highest BCUT2D eigenvalue weighted by Crippen LogP contribution is 2.25. The van der Waals surface area contributed by atoms with E-state index in [9.17, 15) is 0 Å². The zero-order chi connectivity index (χ0) is 18.2. The third-order valence-electron chi connectivity index (χ3n) is 4.71.